The predicted molar refractivity (Wildman–Crippen MR) is 106 cm³/mol. The molecular formula is C21H21N3O5. The van der Waals surface area contributed by atoms with E-state index in [1.54, 1.807) is 42.5 Å². The third-order valence-corrected chi connectivity index (χ3v) is 4.06. The lowest BCUT2D eigenvalue weighted by atomic mass is 10.1. The fourth-order valence-corrected chi connectivity index (χ4v) is 2.36. The van der Waals surface area contributed by atoms with Gasteiger partial charge in [0.05, 0.1) is 30.9 Å². The molecule has 0 spiro atoms. The Balaban J connectivity index is 2.03. The number of benzene rings is 2. The molecule has 29 heavy (non-hydrogen) atoms. The summed E-state index contributed by atoms with van der Waals surface area (Å²) in [5.41, 5.74) is 0.786. The maximum absolute atomic E-state index is 12.5. The quantitative estimate of drug-likeness (QED) is 0.688. The zero-order valence-electron chi connectivity index (χ0n) is 16.2. The van der Waals surface area contributed by atoms with Crippen LogP contribution in [-0.4, -0.2) is 50.0 Å². The molecule has 2 amide bonds. The molecule has 0 radical (unpaired) electrons. The molecule has 8 heteroatoms. The number of rotatable bonds is 8. The molecule has 8 nitrogen and oxygen atoms in total. The van der Waals surface area contributed by atoms with Crippen molar-refractivity contribution in [2.75, 3.05) is 32.6 Å². The number of amides is 2. The Labute approximate surface area is 168 Å². The van der Waals surface area contributed by atoms with E-state index in [0.717, 1.165) is 0 Å². The van der Waals surface area contributed by atoms with Crippen molar-refractivity contribution in [3.05, 3.63) is 59.7 Å². The topological polar surface area (TPSA) is 109 Å². The zero-order valence-corrected chi connectivity index (χ0v) is 16.2. The number of esters is 1. The standard InChI is InChI=1S/C21H21N3O5/c1-24(13-5-12-22)19(25)14-29-21(27)17-6-3-4-7-18(17)23-20(26)15-8-10-16(28-2)11-9-15/h3-4,6-11H,5,13-14H2,1-2H3,(H,23,26). The fraction of sp³-hybridized carbons (Fsp3) is 0.238. The van der Waals surface area contributed by atoms with Crippen molar-refractivity contribution in [3.8, 4) is 11.8 Å². The van der Waals surface area contributed by atoms with Crippen LogP contribution in [0.5, 0.6) is 5.75 Å². The number of carbonyl (C=O) groups excluding carboxylic acids is 3. The highest BCUT2D eigenvalue weighted by Crippen LogP contribution is 2.18. The molecule has 0 aliphatic rings. The summed E-state index contributed by atoms with van der Waals surface area (Å²) in [7, 11) is 3.06. The molecule has 2 aromatic carbocycles. The second-order valence-corrected chi connectivity index (χ2v) is 6.03. The summed E-state index contributed by atoms with van der Waals surface area (Å²) in [4.78, 5) is 38.1. The van der Waals surface area contributed by atoms with Gasteiger partial charge in [-0.25, -0.2) is 4.79 Å². The summed E-state index contributed by atoms with van der Waals surface area (Å²) >= 11 is 0. The van der Waals surface area contributed by atoms with Gasteiger partial charge in [0.2, 0.25) is 0 Å². The van der Waals surface area contributed by atoms with E-state index in [1.165, 1.54) is 25.1 Å². The molecule has 2 aromatic rings. The van der Waals surface area contributed by atoms with Crippen molar-refractivity contribution in [1.82, 2.24) is 4.90 Å². The van der Waals surface area contributed by atoms with E-state index in [1.807, 2.05) is 6.07 Å². The van der Waals surface area contributed by atoms with Gasteiger partial charge in [-0.1, -0.05) is 12.1 Å². The van der Waals surface area contributed by atoms with E-state index in [0.29, 0.717) is 11.3 Å². The van der Waals surface area contributed by atoms with E-state index >= 15 is 0 Å². The number of nitrogens with zero attached hydrogens (tertiary/aromatic N) is 2. The molecule has 0 bridgehead atoms. The molecule has 0 aromatic heterocycles. The average Bonchev–Trinajstić information content (AvgIpc) is 2.75. The number of methoxy groups -OCH3 is 1. The third-order valence-electron chi connectivity index (χ3n) is 4.06. The lowest BCUT2D eigenvalue weighted by molar-refractivity contribution is -0.133. The molecular weight excluding hydrogens is 374 g/mol. The Morgan fingerprint density at radius 1 is 1.10 bits per heavy atom. The Bertz CT molecular complexity index is 919. The van der Waals surface area contributed by atoms with Gasteiger partial charge < -0.3 is 19.7 Å². The summed E-state index contributed by atoms with van der Waals surface area (Å²) in [5.74, 6) is -0.943. The monoisotopic (exact) mass is 395 g/mol. The van der Waals surface area contributed by atoms with Crippen LogP contribution in [0.1, 0.15) is 27.1 Å². The van der Waals surface area contributed by atoms with Crippen molar-refractivity contribution in [2.45, 2.75) is 6.42 Å². The number of ether oxygens (including phenoxy) is 2. The van der Waals surface area contributed by atoms with Crippen LogP contribution in [0.15, 0.2) is 48.5 Å². The highest BCUT2D eigenvalue weighted by Gasteiger charge is 2.17. The number of nitriles is 1. The maximum Gasteiger partial charge on any atom is 0.340 e. The summed E-state index contributed by atoms with van der Waals surface area (Å²) in [5, 5.41) is 11.2. The van der Waals surface area contributed by atoms with Gasteiger partial charge in [0.15, 0.2) is 6.61 Å². The largest absolute Gasteiger partial charge is 0.497 e. The van der Waals surface area contributed by atoms with Gasteiger partial charge in [-0.15, -0.1) is 0 Å². The second-order valence-electron chi connectivity index (χ2n) is 6.03. The smallest absolute Gasteiger partial charge is 0.340 e. The molecule has 150 valence electrons. The maximum atomic E-state index is 12.5. The van der Waals surface area contributed by atoms with Crippen LogP contribution < -0.4 is 10.1 Å². The first kappa shape index (κ1) is 21.4. The lowest BCUT2D eigenvalue weighted by Crippen LogP contribution is -2.32. The number of para-hydroxylation sites is 1. The van der Waals surface area contributed by atoms with E-state index in [4.69, 9.17) is 14.7 Å². The molecule has 2 rings (SSSR count). The number of likely N-dealkylation sites (N-methyl/N-ethyl adjacent to an activating group) is 1. The minimum absolute atomic E-state index is 0.127. The van der Waals surface area contributed by atoms with Gasteiger partial charge in [-0.05, 0) is 36.4 Å². The number of hydrogen-bond donors (Lipinski definition) is 1. The molecule has 0 aliphatic carbocycles. The average molecular weight is 395 g/mol. The number of carbonyl (C=O) groups is 3. The van der Waals surface area contributed by atoms with E-state index in [2.05, 4.69) is 5.32 Å². The second kappa shape index (κ2) is 10.5. The molecule has 1 N–H and O–H groups in total. The van der Waals surface area contributed by atoms with Crippen LogP contribution in [0.4, 0.5) is 5.69 Å². The van der Waals surface area contributed by atoms with Gasteiger partial charge in [0, 0.05) is 19.2 Å². The van der Waals surface area contributed by atoms with Gasteiger partial charge >= 0.3 is 5.97 Å². The fourth-order valence-electron chi connectivity index (χ4n) is 2.36. The van der Waals surface area contributed by atoms with Gasteiger partial charge in [0.1, 0.15) is 5.75 Å². The lowest BCUT2D eigenvalue weighted by Gasteiger charge is -2.16. The van der Waals surface area contributed by atoms with Gasteiger partial charge in [-0.2, -0.15) is 5.26 Å². The Morgan fingerprint density at radius 2 is 1.79 bits per heavy atom. The molecule has 0 saturated heterocycles. The predicted octanol–water partition coefficient (Wildman–Crippen LogP) is 2.48. The first-order valence-corrected chi connectivity index (χ1v) is 8.78. The van der Waals surface area contributed by atoms with Crippen molar-refractivity contribution >= 4 is 23.5 Å². The summed E-state index contributed by atoms with van der Waals surface area (Å²) in [6.07, 6.45) is 0.191. The molecule has 0 saturated carbocycles. The first-order valence-electron chi connectivity index (χ1n) is 8.78. The summed E-state index contributed by atoms with van der Waals surface area (Å²) < 4.78 is 10.1. The molecule has 0 aliphatic heterocycles. The van der Waals surface area contributed by atoms with Crippen molar-refractivity contribution < 1.29 is 23.9 Å². The highest BCUT2D eigenvalue weighted by atomic mass is 16.5. The van der Waals surface area contributed by atoms with Crippen LogP contribution in [0, 0.1) is 11.3 Å². The zero-order chi connectivity index (χ0) is 21.2. The van der Waals surface area contributed by atoms with E-state index in [-0.39, 0.29) is 24.2 Å². The van der Waals surface area contributed by atoms with Crippen LogP contribution in [-0.2, 0) is 9.53 Å². The molecule has 0 fully saturated rings. The normalized spacial score (nSPS) is 9.83. The van der Waals surface area contributed by atoms with Crippen molar-refractivity contribution in [1.29, 1.82) is 5.26 Å². The van der Waals surface area contributed by atoms with E-state index in [9.17, 15) is 14.4 Å². The SMILES string of the molecule is COc1ccc(C(=O)Nc2ccccc2C(=O)OCC(=O)N(C)CCC#N)cc1. The number of anilines is 1. The number of nitrogens with one attached hydrogen (secondary N) is 1. The minimum Gasteiger partial charge on any atom is -0.497 e. The minimum atomic E-state index is -0.738. The number of hydrogen-bond acceptors (Lipinski definition) is 6. The Morgan fingerprint density at radius 3 is 2.45 bits per heavy atom. The van der Waals surface area contributed by atoms with Crippen molar-refractivity contribution in [3.63, 3.8) is 0 Å². The summed E-state index contributed by atoms with van der Waals surface area (Å²) in [6.45, 7) is -0.205. The Hall–Kier alpha value is -3.86. The third kappa shape index (κ3) is 6.07. The van der Waals surface area contributed by atoms with Crippen LogP contribution in [0.3, 0.4) is 0 Å². The van der Waals surface area contributed by atoms with Crippen molar-refractivity contribution in [2.24, 2.45) is 0 Å². The first-order chi connectivity index (χ1) is 14.0. The Kier molecular flexibility index (Phi) is 7.74. The highest BCUT2D eigenvalue weighted by molar-refractivity contribution is 6.08. The van der Waals surface area contributed by atoms with Gasteiger partial charge in [0.25, 0.3) is 11.8 Å². The van der Waals surface area contributed by atoms with Crippen LogP contribution >= 0.6 is 0 Å². The van der Waals surface area contributed by atoms with Gasteiger partial charge in [-0.3, -0.25) is 9.59 Å². The van der Waals surface area contributed by atoms with E-state index < -0.39 is 24.4 Å². The molecule has 0 heterocycles. The van der Waals surface area contributed by atoms with Crippen LogP contribution in [0.2, 0.25) is 0 Å². The molecule has 0 unspecified atom stereocenters. The summed E-state index contributed by atoms with van der Waals surface area (Å²) in [6, 6.07) is 14.8. The molecule has 0 atom stereocenters. The van der Waals surface area contributed by atoms with Crippen LogP contribution in [0.25, 0.3) is 0 Å².